The fourth-order valence-corrected chi connectivity index (χ4v) is 1.82. The summed E-state index contributed by atoms with van der Waals surface area (Å²) in [5.41, 5.74) is 1.37. The van der Waals surface area contributed by atoms with Gasteiger partial charge >= 0.3 is 0 Å². The van der Waals surface area contributed by atoms with Crippen molar-refractivity contribution in [1.82, 2.24) is 20.4 Å². The van der Waals surface area contributed by atoms with Gasteiger partial charge in [0.05, 0.1) is 12.2 Å². The molecule has 2 N–H and O–H groups in total. The second-order valence-electron chi connectivity index (χ2n) is 4.90. The highest BCUT2D eigenvalue weighted by atomic mass is 16.2. The fraction of sp³-hybridized carbons (Fsp3) is 0.267. The number of hydrogen-bond donors (Lipinski definition) is 2. The van der Waals surface area contributed by atoms with Gasteiger partial charge in [-0.15, -0.1) is 0 Å². The summed E-state index contributed by atoms with van der Waals surface area (Å²) in [7, 11) is 0. The van der Waals surface area contributed by atoms with E-state index >= 15 is 0 Å². The Hall–Kier alpha value is -2.63. The molecule has 0 aliphatic heterocycles. The lowest BCUT2D eigenvalue weighted by molar-refractivity contribution is -0.120. The predicted octanol–water partition coefficient (Wildman–Crippen LogP) is 1.13. The third-order valence-corrected chi connectivity index (χ3v) is 2.76. The van der Waals surface area contributed by atoms with Crippen LogP contribution in [0, 0.1) is 0 Å². The van der Waals surface area contributed by atoms with Crippen LogP contribution in [0.4, 0.5) is 0 Å². The number of hydrogen-bond acceptors (Lipinski definition) is 3. The number of carbonyl (C=O) groups excluding carboxylic acids is 2. The zero-order valence-corrected chi connectivity index (χ0v) is 12.0. The van der Waals surface area contributed by atoms with Crippen molar-refractivity contribution in [2.45, 2.75) is 19.9 Å². The van der Waals surface area contributed by atoms with Crippen molar-refractivity contribution in [3.05, 3.63) is 48.3 Å². The zero-order chi connectivity index (χ0) is 15.2. The molecule has 0 saturated heterocycles. The molecule has 6 heteroatoms. The van der Waals surface area contributed by atoms with Gasteiger partial charge in [0.1, 0.15) is 0 Å². The van der Waals surface area contributed by atoms with E-state index in [-0.39, 0.29) is 24.4 Å². The first-order valence-electron chi connectivity index (χ1n) is 6.74. The normalized spacial score (nSPS) is 10.4. The molecule has 0 saturated carbocycles. The molecule has 0 aliphatic rings. The second kappa shape index (κ2) is 6.69. The SMILES string of the molecule is CC(C)NC(=O)CNC(=O)c1ccc(-n2cccn2)cc1. The van der Waals surface area contributed by atoms with Crippen molar-refractivity contribution in [3.8, 4) is 5.69 Å². The van der Waals surface area contributed by atoms with Crippen molar-refractivity contribution < 1.29 is 9.59 Å². The molecule has 0 unspecified atom stereocenters. The standard InChI is InChI=1S/C15H18N4O2/c1-11(2)18-14(20)10-16-15(21)12-4-6-13(7-5-12)19-9-3-8-17-19/h3-9,11H,10H2,1-2H3,(H,16,21)(H,18,20). The van der Waals surface area contributed by atoms with Crippen LogP contribution in [-0.2, 0) is 4.79 Å². The van der Waals surface area contributed by atoms with Crippen molar-refractivity contribution in [2.75, 3.05) is 6.54 Å². The number of rotatable bonds is 5. The molecule has 0 fully saturated rings. The molecule has 1 aromatic heterocycles. The molecule has 6 nitrogen and oxygen atoms in total. The van der Waals surface area contributed by atoms with Crippen LogP contribution in [0.3, 0.4) is 0 Å². The molecule has 110 valence electrons. The van der Waals surface area contributed by atoms with Crippen molar-refractivity contribution >= 4 is 11.8 Å². The monoisotopic (exact) mass is 286 g/mol. The maximum absolute atomic E-state index is 11.9. The van der Waals surface area contributed by atoms with Gasteiger partial charge in [-0.05, 0) is 44.2 Å². The number of aromatic nitrogens is 2. The first-order valence-corrected chi connectivity index (χ1v) is 6.74. The summed E-state index contributed by atoms with van der Waals surface area (Å²) in [6, 6.07) is 8.89. The van der Waals surface area contributed by atoms with Crippen LogP contribution in [0.25, 0.3) is 5.69 Å². The lowest BCUT2D eigenvalue weighted by atomic mass is 10.2. The molecule has 2 amide bonds. The van der Waals surface area contributed by atoms with Gasteiger partial charge in [0, 0.05) is 24.0 Å². The summed E-state index contributed by atoms with van der Waals surface area (Å²) in [4.78, 5) is 23.4. The molecule has 0 bridgehead atoms. The van der Waals surface area contributed by atoms with Gasteiger partial charge < -0.3 is 10.6 Å². The van der Waals surface area contributed by atoms with Crippen molar-refractivity contribution in [3.63, 3.8) is 0 Å². The summed E-state index contributed by atoms with van der Waals surface area (Å²) >= 11 is 0. The van der Waals surface area contributed by atoms with Gasteiger partial charge in [-0.1, -0.05) is 0 Å². The van der Waals surface area contributed by atoms with Gasteiger partial charge in [-0.2, -0.15) is 5.10 Å². The molecule has 2 aromatic rings. The highest BCUT2D eigenvalue weighted by Crippen LogP contribution is 2.08. The van der Waals surface area contributed by atoms with Crippen LogP contribution in [0.15, 0.2) is 42.7 Å². The van der Waals surface area contributed by atoms with Crippen molar-refractivity contribution in [1.29, 1.82) is 0 Å². The number of carbonyl (C=O) groups is 2. The number of nitrogens with zero attached hydrogens (tertiary/aromatic N) is 2. The van der Waals surface area contributed by atoms with E-state index < -0.39 is 0 Å². The van der Waals surface area contributed by atoms with Crippen molar-refractivity contribution in [2.24, 2.45) is 0 Å². The lowest BCUT2D eigenvalue weighted by Gasteiger charge is -2.09. The van der Waals surface area contributed by atoms with Crippen LogP contribution < -0.4 is 10.6 Å². The average Bonchev–Trinajstić information content (AvgIpc) is 2.98. The Morgan fingerprint density at radius 1 is 1.24 bits per heavy atom. The van der Waals surface area contributed by atoms with Crippen LogP contribution in [0.1, 0.15) is 24.2 Å². The predicted molar refractivity (Wildman–Crippen MR) is 79.2 cm³/mol. The van der Waals surface area contributed by atoms with E-state index in [0.29, 0.717) is 5.56 Å². The highest BCUT2D eigenvalue weighted by molar-refractivity contribution is 5.96. The summed E-state index contributed by atoms with van der Waals surface area (Å²) < 4.78 is 1.71. The topological polar surface area (TPSA) is 76.0 Å². The molecule has 2 rings (SSSR count). The third-order valence-electron chi connectivity index (χ3n) is 2.76. The zero-order valence-electron chi connectivity index (χ0n) is 12.0. The van der Waals surface area contributed by atoms with E-state index in [4.69, 9.17) is 0 Å². The molecule has 21 heavy (non-hydrogen) atoms. The van der Waals surface area contributed by atoms with E-state index in [1.165, 1.54) is 0 Å². The van der Waals surface area contributed by atoms with E-state index in [1.54, 1.807) is 35.1 Å². The maximum atomic E-state index is 11.9. The number of amides is 2. The smallest absolute Gasteiger partial charge is 0.251 e. The minimum Gasteiger partial charge on any atom is -0.352 e. The van der Waals surface area contributed by atoms with Crippen LogP contribution in [0.5, 0.6) is 0 Å². The Morgan fingerprint density at radius 3 is 2.52 bits per heavy atom. The first-order chi connectivity index (χ1) is 10.1. The molecular weight excluding hydrogens is 268 g/mol. The van der Waals surface area contributed by atoms with Gasteiger partial charge in [-0.25, -0.2) is 4.68 Å². The van der Waals surface area contributed by atoms with Gasteiger partial charge in [-0.3, -0.25) is 9.59 Å². The van der Waals surface area contributed by atoms with Crippen LogP contribution in [0.2, 0.25) is 0 Å². The Morgan fingerprint density at radius 2 is 1.95 bits per heavy atom. The molecular formula is C15H18N4O2. The third kappa shape index (κ3) is 4.17. The Bertz CT molecular complexity index is 603. The molecule has 0 radical (unpaired) electrons. The molecule has 0 aliphatic carbocycles. The molecule has 1 heterocycles. The minimum atomic E-state index is -0.277. The van der Waals surface area contributed by atoms with Crippen LogP contribution in [-0.4, -0.2) is 34.2 Å². The first kappa shape index (κ1) is 14.8. The quantitative estimate of drug-likeness (QED) is 0.865. The Balaban J connectivity index is 1.93. The molecule has 0 spiro atoms. The fourth-order valence-electron chi connectivity index (χ4n) is 1.82. The Labute approximate surface area is 123 Å². The average molecular weight is 286 g/mol. The molecule has 0 atom stereocenters. The summed E-state index contributed by atoms with van der Waals surface area (Å²) in [5, 5.41) is 9.41. The van der Waals surface area contributed by atoms with Gasteiger partial charge in [0.15, 0.2) is 0 Å². The maximum Gasteiger partial charge on any atom is 0.251 e. The highest BCUT2D eigenvalue weighted by Gasteiger charge is 2.08. The van der Waals surface area contributed by atoms with Crippen LogP contribution >= 0.6 is 0 Å². The minimum absolute atomic E-state index is 0.0298. The second-order valence-corrected chi connectivity index (χ2v) is 4.90. The number of benzene rings is 1. The number of nitrogens with one attached hydrogen (secondary N) is 2. The van der Waals surface area contributed by atoms with E-state index in [9.17, 15) is 9.59 Å². The van der Waals surface area contributed by atoms with E-state index in [2.05, 4.69) is 15.7 Å². The molecule has 1 aromatic carbocycles. The van der Waals surface area contributed by atoms with Gasteiger partial charge in [0.2, 0.25) is 5.91 Å². The van der Waals surface area contributed by atoms with E-state index in [0.717, 1.165) is 5.69 Å². The Kier molecular flexibility index (Phi) is 4.71. The summed E-state index contributed by atoms with van der Waals surface area (Å²) in [6.07, 6.45) is 3.51. The summed E-state index contributed by atoms with van der Waals surface area (Å²) in [6.45, 7) is 3.71. The lowest BCUT2D eigenvalue weighted by Crippen LogP contribution is -2.39. The van der Waals surface area contributed by atoms with E-state index in [1.807, 2.05) is 26.1 Å². The largest absolute Gasteiger partial charge is 0.352 e. The van der Waals surface area contributed by atoms with Gasteiger partial charge in [0.25, 0.3) is 5.91 Å². The summed E-state index contributed by atoms with van der Waals surface area (Å²) in [5.74, 6) is -0.479.